The van der Waals surface area contributed by atoms with Gasteiger partial charge in [0.2, 0.25) is 0 Å². The van der Waals surface area contributed by atoms with E-state index in [-0.39, 0.29) is 24.1 Å². The zero-order valence-corrected chi connectivity index (χ0v) is 7.43. The quantitative estimate of drug-likeness (QED) is 0.592. The molecule has 0 aromatic carbocycles. The van der Waals surface area contributed by atoms with Crippen LogP contribution in [0, 0.1) is 5.92 Å². The van der Waals surface area contributed by atoms with Crippen LogP contribution in [0.4, 0.5) is 0 Å². The van der Waals surface area contributed by atoms with Crippen LogP contribution in [0.2, 0.25) is 0 Å². The number of aliphatic carboxylic acids is 2. The first kappa shape index (κ1) is 10.3. The fraction of sp³-hybridized carbons (Fsp3) is 0.333. The van der Waals surface area contributed by atoms with E-state index < -0.39 is 17.9 Å². The highest BCUT2D eigenvalue weighted by Gasteiger charge is 2.20. The minimum atomic E-state index is -1.12. The Morgan fingerprint density at radius 1 is 1.29 bits per heavy atom. The number of carboxylic acids is 2. The van der Waals surface area contributed by atoms with Gasteiger partial charge in [0.05, 0.1) is 11.5 Å². The summed E-state index contributed by atoms with van der Waals surface area (Å²) >= 11 is 0. The first-order valence-corrected chi connectivity index (χ1v) is 4.14. The Kier molecular flexibility index (Phi) is 2.91. The van der Waals surface area contributed by atoms with Gasteiger partial charge in [-0.3, -0.25) is 4.79 Å². The SMILES string of the molecule is NC1=CC[C@@H](C(=O)O)CC=C1C(=O)O. The van der Waals surface area contributed by atoms with Gasteiger partial charge in [-0.1, -0.05) is 12.2 Å². The van der Waals surface area contributed by atoms with Crippen molar-refractivity contribution in [2.75, 3.05) is 0 Å². The summed E-state index contributed by atoms with van der Waals surface area (Å²) in [7, 11) is 0. The van der Waals surface area contributed by atoms with E-state index in [0.717, 1.165) is 0 Å². The van der Waals surface area contributed by atoms with E-state index in [0.29, 0.717) is 0 Å². The van der Waals surface area contributed by atoms with Crippen LogP contribution >= 0.6 is 0 Å². The van der Waals surface area contributed by atoms with Gasteiger partial charge in [-0.2, -0.15) is 0 Å². The number of carboxylic acid groups (broad SMARTS) is 2. The summed E-state index contributed by atoms with van der Waals surface area (Å²) in [6, 6.07) is 0. The third-order valence-corrected chi connectivity index (χ3v) is 2.12. The second-order valence-corrected chi connectivity index (χ2v) is 3.09. The van der Waals surface area contributed by atoms with Crippen LogP contribution in [0.15, 0.2) is 23.4 Å². The Morgan fingerprint density at radius 2 is 1.86 bits per heavy atom. The zero-order valence-electron chi connectivity index (χ0n) is 7.43. The Morgan fingerprint density at radius 3 is 2.36 bits per heavy atom. The van der Waals surface area contributed by atoms with Crippen molar-refractivity contribution < 1.29 is 19.8 Å². The number of rotatable bonds is 2. The minimum Gasteiger partial charge on any atom is -0.481 e. The molecule has 0 aliphatic heterocycles. The molecule has 1 atom stereocenters. The Balaban J connectivity index is 2.91. The molecule has 0 bridgehead atoms. The summed E-state index contributed by atoms with van der Waals surface area (Å²) < 4.78 is 0. The lowest BCUT2D eigenvalue weighted by molar-refractivity contribution is -0.141. The van der Waals surface area contributed by atoms with Gasteiger partial charge in [-0.15, -0.1) is 0 Å². The second-order valence-electron chi connectivity index (χ2n) is 3.09. The largest absolute Gasteiger partial charge is 0.481 e. The van der Waals surface area contributed by atoms with Crippen LogP contribution in [0.1, 0.15) is 12.8 Å². The molecule has 0 aromatic rings. The van der Waals surface area contributed by atoms with E-state index in [1.165, 1.54) is 12.2 Å². The van der Waals surface area contributed by atoms with Crippen LogP contribution in [0.5, 0.6) is 0 Å². The monoisotopic (exact) mass is 197 g/mol. The summed E-state index contributed by atoms with van der Waals surface area (Å²) in [6.07, 6.45) is 3.29. The second kappa shape index (κ2) is 3.95. The smallest absolute Gasteiger partial charge is 0.337 e. The van der Waals surface area contributed by atoms with Crippen LogP contribution in [0.3, 0.4) is 0 Å². The highest BCUT2D eigenvalue weighted by atomic mass is 16.4. The molecule has 0 amide bonds. The Bertz CT molecular complexity index is 330. The van der Waals surface area contributed by atoms with Crippen molar-refractivity contribution >= 4 is 11.9 Å². The molecule has 0 saturated heterocycles. The fourth-order valence-electron chi connectivity index (χ4n) is 1.27. The maximum atomic E-state index is 10.7. The average Bonchev–Trinajstić information content (AvgIpc) is 2.26. The maximum absolute atomic E-state index is 10.7. The van der Waals surface area contributed by atoms with Gasteiger partial charge < -0.3 is 15.9 Å². The van der Waals surface area contributed by atoms with Crippen molar-refractivity contribution in [1.82, 2.24) is 0 Å². The van der Waals surface area contributed by atoms with E-state index in [1.807, 2.05) is 0 Å². The van der Waals surface area contributed by atoms with Crippen LogP contribution in [0.25, 0.3) is 0 Å². The molecule has 0 spiro atoms. The van der Waals surface area contributed by atoms with Crippen LogP contribution in [-0.2, 0) is 9.59 Å². The van der Waals surface area contributed by atoms with Crippen molar-refractivity contribution in [3.63, 3.8) is 0 Å². The normalized spacial score (nSPS) is 21.9. The first-order chi connectivity index (χ1) is 6.52. The highest BCUT2D eigenvalue weighted by Crippen LogP contribution is 2.20. The van der Waals surface area contributed by atoms with E-state index >= 15 is 0 Å². The molecule has 1 rings (SSSR count). The number of nitrogens with two attached hydrogens (primary N) is 1. The van der Waals surface area contributed by atoms with Crippen molar-refractivity contribution in [1.29, 1.82) is 0 Å². The molecular weight excluding hydrogens is 186 g/mol. The number of hydrogen-bond acceptors (Lipinski definition) is 3. The highest BCUT2D eigenvalue weighted by molar-refractivity contribution is 5.91. The summed E-state index contributed by atoms with van der Waals surface area (Å²) in [5.74, 6) is -2.63. The van der Waals surface area contributed by atoms with Gasteiger partial charge in [0, 0.05) is 5.70 Å². The predicted octanol–water partition coefficient (Wildman–Crippen LogP) is 0.335. The van der Waals surface area contributed by atoms with Gasteiger partial charge in [0.15, 0.2) is 0 Å². The van der Waals surface area contributed by atoms with E-state index in [4.69, 9.17) is 15.9 Å². The van der Waals surface area contributed by atoms with Gasteiger partial charge in [-0.25, -0.2) is 4.79 Å². The maximum Gasteiger partial charge on any atom is 0.337 e. The average molecular weight is 197 g/mol. The lowest BCUT2D eigenvalue weighted by Gasteiger charge is -2.03. The molecule has 0 heterocycles. The lowest BCUT2D eigenvalue weighted by atomic mass is 10.0. The molecule has 0 unspecified atom stereocenters. The van der Waals surface area contributed by atoms with E-state index in [1.54, 1.807) is 0 Å². The van der Waals surface area contributed by atoms with Gasteiger partial charge in [0.1, 0.15) is 0 Å². The molecular formula is C9H11NO4. The molecule has 5 nitrogen and oxygen atoms in total. The van der Waals surface area contributed by atoms with E-state index in [2.05, 4.69) is 0 Å². The molecule has 76 valence electrons. The number of hydrogen-bond donors (Lipinski definition) is 3. The molecule has 0 fully saturated rings. The van der Waals surface area contributed by atoms with Crippen molar-refractivity contribution in [2.45, 2.75) is 12.8 Å². The summed E-state index contributed by atoms with van der Waals surface area (Å²) in [6.45, 7) is 0. The molecule has 1 aliphatic rings. The summed E-state index contributed by atoms with van der Waals surface area (Å²) in [5.41, 5.74) is 5.60. The molecule has 4 N–H and O–H groups in total. The predicted molar refractivity (Wildman–Crippen MR) is 48.3 cm³/mol. The molecule has 14 heavy (non-hydrogen) atoms. The lowest BCUT2D eigenvalue weighted by Crippen LogP contribution is -2.11. The summed E-state index contributed by atoms with van der Waals surface area (Å²) in [4.78, 5) is 21.3. The topological polar surface area (TPSA) is 101 Å². The molecule has 1 aliphatic carbocycles. The third kappa shape index (κ3) is 2.12. The Labute approximate surface area is 80.5 Å². The minimum absolute atomic E-state index is 0.00579. The van der Waals surface area contributed by atoms with Crippen molar-refractivity contribution in [2.24, 2.45) is 11.7 Å². The third-order valence-electron chi connectivity index (χ3n) is 2.12. The zero-order chi connectivity index (χ0) is 10.7. The number of carbonyl (C=O) groups is 2. The van der Waals surface area contributed by atoms with Crippen molar-refractivity contribution in [3.8, 4) is 0 Å². The van der Waals surface area contributed by atoms with Gasteiger partial charge >= 0.3 is 11.9 Å². The Hall–Kier alpha value is -1.78. The first-order valence-electron chi connectivity index (χ1n) is 4.14. The molecule has 0 saturated carbocycles. The van der Waals surface area contributed by atoms with Gasteiger partial charge in [0.25, 0.3) is 0 Å². The van der Waals surface area contributed by atoms with Crippen molar-refractivity contribution in [3.05, 3.63) is 23.4 Å². The summed E-state index contributed by atoms with van der Waals surface area (Å²) in [5, 5.41) is 17.4. The van der Waals surface area contributed by atoms with E-state index in [9.17, 15) is 9.59 Å². The molecule has 0 aromatic heterocycles. The molecule has 5 heteroatoms. The van der Waals surface area contributed by atoms with Crippen LogP contribution < -0.4 is 5.73 Å². The fourth-order valence-corrected chi connectivity index (χ4v) is 1.27. The molecule has 0 radical (unpaired) electrons. The standard InChI is InChI=1S/C9H11NO4/c10-7-4-2-5(8(11)12)1-3-6(7)9(13)14/h3-5H,1-2,10H2,(H,11,12)(H,13,14)/t5-/m0/s1. The van der Waals surface area contributed by atoms with Gasteiger partial charge in [-0.05, 0) is 12.8 Å². The van der Waals surface area contributed by atoms with Crippen LogP contribution in [-0.4, -0.2) is 22.2 Å². The number of allylic oxidation sites excluding steroid dienone is 2.